The van der Waals surface area contributed by atoms with Crippen LogP contribution in [0.2, 0.25) is 0 Å². The van der Waals surface area contributed by atoms with Crippen LogP contribution in [0.15, 0.2) is 30.4 Å². The van der Waals surface area contributed by atoms with Gasteiger partial charge in [-0.3, -0.25) is 4.90 Å². The van der Waals surface area contributed by atoms with Crippen LogP contribution in [0.25, 0.3) is 0 Å². The summed E-state index contributed by atoms with van der Waals surface area (Å²) in [6.45, 7) is 8.39. The monoisotopic (exact) mass is 281 g/mol. The third-order valence-electron chi connectivity index (χ3n) is 5.91. The van der Waals surface area contributed by atoms with Crippen LogP contribution < -0.4 is 0 Å². The summed E-state index contributed by atoms with van der Waals surface area (Å²) in [5.74, 6) is 3.38. The Bertz CT molecular complexity index is 557. The van der Waals surface area contributed by atoms with E-state index in [0.29, 0.717) is 5.92 Å². The Balaban J connectivity index is 1.47. The standard InChI is InChI=1S/C20H27N/c1-14(2)19-5-3-4-17-12-21(9-8-20(17)19)13-18-11-15-6-7-16(18)10-15/h3-7,14-16,18H,8-13H2,1-2H3/t15-,16+,18?/m0/s1. The van der Waals surface area contributed by atoms with Gasteiger partial charge < -0.3 is 0 Å². The highest BCUT2D eigenvalue weighted by Crippen LogP contribution is 2.44. The fourth-order valence-electron chi connectivity index (χ4n) is 4.83. The predicted octanol–water partition coefficient (Wildman–Crippen LogP) is 4.38. The third kappa shape index (κ3) is 2.46. The molecule has 4 rings (SSSR count). The van der Waals surface area contributed by atoms with Crippen molar-refractivity contribution in [3.05, 3.63) is 47.0 Å². The topological polar surface area (TPSA) is 3.24 Å². The van der Waals surface area contributed by atoms with Gasteiger partial charge in [0.25, 0.3) is 0 Å². The smallest absolute Gasteiger partial charge is 0.0236 e. The number of benzene rings is 1. The normalized spacial score (nSPS) is 31.1. The van der Waals surface area contributed by atoms with Crippen LogP contribution >= 0.6 is 0 Å². The Morgan fingerprint density at radius 3 is 2.81 bits per heavy atom. The Hall–Kier alpha value is -1.08. The van der Waals surface area contributed by atoms with E-state index in [4.69, 9.17) is 0 Å². The molecule has 1 aliphatic heterocycles. The fourth-order valence-corrected chi connectivity index (χ4v) is 4.83. The van der Waals surface area contributed by atoms with E-state index in [1.165, 1.54) is 38.9 Å². The number of rotatable bonds is 3. The number of allylic oxidation sites excluding steroid dienone is 2. The maximum Gasteiger partial charge on any atom is 0.0236 e. The van der Waals surface area contributed by atoms with E-state index in [9.17, 15) is 0 Å². The fraction of sp³-hybridized carbons (Fsp3) is 0.600. The van der Waals surface area contributed by atoms with E-state index in [0.717, 1.165) is 17.8 Å². The second-order valence-corrected chi connectivity index (χ2v) is 7.67. The molecule has 1 aromatic rings. The summed E-state index contributed by atoms with van der Waals surface area (Å²) >= 11 is 0. The molecule has 1 aromatic carbocycles. The maximum atomic E-state index is 2.71. The number of hydrogen-bond acceptors (Lipinski definition) is 1. The van der Waals surface area contributed by atoms with Gasteiger partial charge in [0.15, 0.2) is 0 Å². The zero-order valence-electron chi connectivity index (χ0n) is 13.4. The van der Waals surface area contributed by atoms with Crippen molar-refractivity contribution in [3.8, 4) is 0 Å². The number of fused-ring (bicyclic) bond motifs is 3. The second-order valence-electron chi connectivity index (χ2n) is 7.67. The highest BCUT2D eigenvalue weighted by Gasteiger charge is 2.36. The van der Waals surface area contributed by atoms with E-state index < -0.39 is 0 Å². The molecule has 1 fully saturated rings. The molecule has 3 atom stereocenters. The van der Waals surface area contributed by atoms with E-state index >= 15 is 0 Å². The minimum atomic E-state index is 0.655. The van der Waals surface area contributed by atoms with Crippen molar-refractivity contribution in [2.24, 2.45) is 17.8 Å². The van der Waals surface area contributed by atoms with Crippen molar-refractivity contribution >= 4 is 0 Å². The lowest BCUT2D eigenvalue weighted by atomic mass is 9.88. The lowest BCUT2D eigenvalue weighted by Crippen LogP contribution is -2.36. The molecule has 2 bridgehead atoms. The average Bonchev–Trinajstić information content (AvgIpc) is 3.09. The molecule has 1 heteroatoms. The van der Waals surface area contributed by atoms with Gasteiger partial charge in [-0.1, -0.05) is 44.2 Å². The van der Waals surface area contributed by atoms with Crippen LogP contribution in [0, 0.1) is 17.8 Å². The van der Waals surface area contributed by atoms with Gasteiger partial charge in [-0.2, -0.15) is 0 Å². The van der Waals surface area contributed by atoms with Crippen molar-refractivity contribution in [1.29, 1.82) is 0 Å². The first kappa shape index (κ1) is 13.6. The summed E-state index contributed by atoms with van der Waals surface area (Å²) in [4.78, 5) is 2.71. The van der Waals surface area contributed by atoms with Crippen LogP contribution in [0.1, 0.15) is 49.3 Å². The summed E-state index contributed by atoms with van der Waals surface area (Å²) in [6, 6.07) is 6.95. The first-order valence-electron chi connectivity index (χ1n) is 8.72. The van der Waals surface area contributed by atoms with Gasteiger partial charge >= 0.3 is 0 Å². The lowest BCUT2D eigenvalue weighted by Gasteiger charge is -2.34. The molecule has 1 nitrogen and oxygen atoms in total. The van der Waals surface area contributed by atoms with Crippen LogP contribution in [-0.4, -0.2) is 18.0 Å². The molecule has 3 aliphatic rings. The van der Waals surface area contributed by atoms with Crippen LogP contribution in [0.3, 0.4) is 0 Å². The lowest BCUT2D eigenvalue weighted by molar-refractivity contribution is 0.198. The molecule has 0 saturated heterocycles. The summed E-state index contributed by atoms with van der Waals surface area (Å²) in [6.07, 6.45) is 9.08. The van der Waals surface area contributed by atoms with E-state index in [1.807, 2.05) is 0 Å². The molecule has 1 saturated carbocycles. The summed E-state index contributed by atoms with van der Waals surface area (Å²) in [5.41, 5.74) is 4.82. The van der Waals surface area contributed by atoms with Crippen molar-refractivity contribution in [1.82, 2.24) is 4.90 Å². The van der Waals surface area contributed by atoms with Gasteiger partial charge in [-0.05, 0) is 59.6 Å². The van der Waals surface area contributed by atoms with Crippen LogP contribution in [-0.2, 0) is 13.0 Å². The average molecular weight is 281 g/mol. The highest BCUT2D eigenvalue weighted by molar-refractivity contribution is 5.38. The van der Waals surface area contributed by atoms with Crippen molar-refractivity contribution in [3.63, 3.8) is 0 Å². The van der Waals surface area contributed by atoms with Gasteiger partial charge in [0, 0.05) is 19.6 Å². The molecule has 0 spiro atoms. The van der Waals surface area contributed by atoms with E-state index in [1.54, 1.807) is 16.7 Å². The van der Waals surface area contributed by atoms with Gasteiger partial charge in [0.2, 0.25) is 0 Å². The molecule has 1 unspecified atom stereocenters. The van der Waals surface area contributed by atoms with Crippen molar-refractivity contribution < 1.29 is 0 Å². The highest BCUT2D eigenvalue weighted by atomic mass is 15.1. The maximum absolute atomic E-state index is 2.71. The van der Waals surface area contributed by atoms with Crippen molar-refractivity contribution in [2.45, 2.75) is 45.6 Å². The molecule has 21 heavy (non-hydrogen) atoms. The van der Waals surface area contributed by atoms with Gasteiger partial charge in [0.1, 0.15) is 0 Å². The van der Waals surface area contributed by atoms with Crippen LogP contribution in [0.5, 0.6) is 0 Å². The third-order valence-corrected chi connectivity index (χ3v) is 5.91. The Morgan fingerprint density at radius 1 is 1.19 bits per heavy atom. The molecule has 1 heterocycles. The SMILES string of the molecule is CC(C)c1cccc2c1CCN(CC1C[C@H]3C=C[C@@H]1C3)C2. The second kappa shape index (κ2) is 5.28. The summed E-state index contributed by atoms with van der Waals surface area (Å²) < 4.78 is 0. The zero-order valence-corrected chi connectivity index (χ0v) is 13.4. The van der Waals surface area contributed by atoms with E-state index in [-0.39, 0.29) is 0 Å². The van der Waals surface area contributed by atoms with E-state index in [2.05, 4.69) is 49.1 Å². The first-order valence-corrected chi connectivity index (χ1v) is 8.72. The zero-order chi connectivity index (χ0) is 14.4. The summed E-state index contributed by atoms with van der Waals surface area (Å²) in [7, 11) is 0. The van der Waals surface area contributed by atoms with Gasteiger partial charge in [0.05, 0.1) is 0 Å². The van der Waals surface area contributed by atoms with Crippen molar-refractivity contribution in [2.75, 3.05) is 13.1 Å². The first-order chi connectivity index (χ1) is 10.2. The summed E-state index contributed by atoms with van der Waals surface area (Å²) in [5, 5.41) is 0. The predicted molar refractivity (Wildman–Crippen MR) is 88.4 cm³/mol. The van der Waals surface area contributed by atoms with Crippen LogP contribution in [0.4, 0.5) is 0 Å². The Labute approximate surface area is 129 Å². The molecule has 0 radical (unpaired) electrons. The minimum Gasteiger partial charge on any atom is -0.298 e. The number of hydrogen-bond donors (Lipinski definition) is 0. The molecule has 0 aromatic heterocycles. The Kier molecular flexibility index (Phi) is 3.41. The van der Waals surface area contributed by atoms with Gasteiger partial charge in [-0.15, -0.1) is 0 Å². The van der Waals surface area contributed by atoms with Gasteiger partial charge in [-0.25, -0.2) is 0 Å². The molecular weight excluding hydrogens is 254 g/mol. The molecule has 0 N–H and O–H groups in total. The molecular formula is C20H27N. The molecule has 2 aliphatic carbocycles. The minimum absolute atomic E-state index is 0.655. The quantitative estimate of drug-likeness (QED) is 0.743. The Morgan fingerprint density at radius 2 is 2.10 bits per heavy atom. The number of nitrogens with zero attached hydrogens (tertiary/aromatic N) is 1. The largest absolute Gasteiger partial charge is 0.298 e. The molecule has 0 amide bonds. The molecule has 112 valence electrons.